The lowest BCUT2D eigenvalue weighted by Crippen LogP contribution is -2.49. The minimum atomic E-state index is 0.100. The van der Waals surface area contributed by atoms with Crippen molar-refractivity contribution in [3.8, 4) is 5.75 Å². The highest BCUT2D eigenvalue weighted by atomic mass is 16.5. The van der Waals surface area contributed by atoms with Crippen LogP contribution in [0.3, 0.4) is 0 Å². The molecular weight excluding hydrogens is 338 g/mol. The summed E-state index contributed by atoms with van der Waals surface area (Å²) in [7, 11) is 1.70. The van der Waals surface area contributed by atoms with Crippen molar-refractivity contribution in [1.82, 2.24) is 10.2 Å². The van der Waals surface area contributed by atoms with Crippen molar-refractivity contribution in [2.24, 2.45) is 0 Å². The average molecular weight is 367 g/mol. The number of nitrogens with zero attached hydrogens (tertiary/aromatic N) is 2. The smallest absolute Gasteiger partial charge is 0.234 e. The lowest BCUT2D eigenvalue weighted by molar-refractivity contribution is -0.122. The van der Waals surface area contributed by atoms with Gasteiger partial charge >= 0.3 is 0 Å². The summed E-state index contributed by atoms with van der Waals surface area (Å²) in [4.78, 5) is 16.9. The van der Waals surface area contributed by atoms with E-state index in [-0.39, 0.29) is 5.91 Å². The Balaban J connectivity index is 1.43. The molecule has 1 fully saturated rings. The number of carbonyl (C=O) groups is 1. The highest BCUT2D eigenvalue weighted by molar-refractivity contribution is 5.78. The van der Waals surface area contributed by atoms with E-state index in [0.717, 1.165) is 37.6 Å². The van der Waals surface area contributed by atoms with Crippen molar-refractivity contribution >= 4 is 11.6 Å². The molecule has 0 spiro atoms. The standard InChI is InChI=1S/C22H29N3O2/c1-18(19-8-4-3-5-9-19)16-23-22(26)17-24-12-14-25(15-13-24)20-10-6-7-11-21(20)27-2/h3-11,18H,12-17H2,1-2H3,(H,23,26)/t18-/m1/s1. The van der Waals surface area contributed by atoms with Gasteiger partial charge in [-0.15, -0.1) is 0 Å². The number of benzene rings is 2. The van der Waals surface area contributed by atoms with Crippen LogP contribution in [0.25, 0.3) is 0 Å². The molecular formula is C22H29N3O2. The molecule has 1 N–H and O–H groups in total. The highest BCUT2D eigenvalue weighted by Gasteiger charge is 2.21. The number of anilines is 1. The number of amides is 1. The van der Waals surface area contributed by atoms with Gasteiger partial charge < -0.3 is 15.0 Å². The molecule has 1 heterocycles. The molecule has 1 aliphatic rings. The molecule has 0 aliphatic carbocycles. The number of carbonyl (C=O) groups excluding carboxylic acids is 1. The van der Waals surface area contributed by atoms with Gasteiger partial charge in [-0.25, -0.2) is 0 Å². The van der Waals surface area contributed by atoms with Crippen LogP contribution in [-0.4, -0.2) is 57.2 Å². The molecule has 5 nitrogen and oxygen atoms in total. The van der Waals surface area contributed by atoms with Gasteiger partial charge in [-0.2, -0.15) is 0 Å². The monoisotopic (exact) mass is 367 g/mol. The van der Waals surface area contributed by atoms with Gasteiger partial charge in [-0.05, 0) is 23.6 Å². The van der Waals surface area contributed by atoms with Crippen LogP contribution in [0.1, 0.15) is 18.4 Å². The number of ether oxygens (including phenoxy) is 1. The first-order valence-electron chi connectivity index (χ1n) is 9.59. The largest absolute Gasteiger partial charge is 0.495 e. The summed E-state index contributed by atoms with van der Waals surface area (Å²) in [6, 6.07) is 18.4. The zero-order valence-corrected chi connectivity index (χ0v) is 16.2. The van der Waals surface area contributed by atoms with Crippen LogP contribution in [0.5, 0.6) is 5.75 Å². The van der Waals surface area contributed by atoms with Crippen LogP contribution in [0, 0.1) is 0 Å². The Labute approximate surface area is 161 Å². The third-order valence-electron chi connectivity index (χ3n) is 5.14. The average Bonchev–Trinajstić information content (AvgIpc) is 2.73. The zero-order chi connectivity index (χ0) is 19.1. The van der Waals surface area contributed by atoms with Crippen LogP contribution in [0.4, 0.5) is 5.69 Å². The lowest BCUT2D eigenvalue weighted by atomic mass is 10.0. The van der Waals surface area contributed by atoms with E-state index in [2.05, 4.69) is 40.2 Å². The molecule has 0 radical (unpaired) electrons. The first-order valence-corrected chi connectivity index (χ1v) is 9.59. The van der Waals surface area contributed by atoms with Crippen molar-refractivity contribution < 1.29 is 9.53 Å². The molecule has 3 rings (SSSR count). The molecule has 0 saturated carbocycles. The summed E-state index contributed by atoms with van der Waals surface area (Å²) < 4.78 is 5.46. The molecule has 1 amide bonds. The Morgan fingerprint density at radius 1 is 1.04 bits per heavy atom. The summed E-state index contributed by atoms with van der Waals surface area (Å²) in [5.74, 6) is 1.32. The second-order valence-electron chi connectivity index (χ2n) is 7.05. The van der Waals surface area contributed by atoms with E-state index in [1.54, 1.807) is 7.11 Å². The normalized spacial score (nSPS) is 16.0. The molecule has 1 saturated heterocycles. The number of piperazine rings is 1. The summed E-state index contributed by atoms with van der Waals surface area (Å²) in [6.07, 6.45) is 0. The fraction of sp³-hybridized carbons (Fsp3) is 0.409. The number of rotatable bonds is 7. The van der Waals surface area contributed by atoms with E-state index < -0.39 is 0 Å². The summed E-state index contributed by atoms with van der Waals surface area (Å²) in [6.45, 7) is 6.81. The predicted octanol–water partition coefficient (Wildman–Crippen LogP) is 2.74. The van der Waals surface area contributed by atoms with Gasteiger partial charge in [0.25, 0.3) is 0 Å². The molecule has 0 aromatic heterocycles. The van der Waals surface area contributed by atoms with Crippen LogP contribution in [0.15, 0.2) is 54.6 Å². The van der Waals surface area contributed by atoms with Gasteiger partial charge in [0.1, 0.15) is 5.75 Å². The second kappa shape index (κ2) is 9.42. The van der Waals surface area contributed by atoms with Crippen molar-refractivity contribution in [1.29, 1.82) is 0 Å². The van der Waals surface area contributed by atoms with E-state index in [1.807, 2.05) is 36.4 Å². The van der Waals surface area contributed by atoms with E-state index in [4.69, 9.17) is 4.74 Å². The predicted molar refractivity (Wildman–Crippen MR) is 110 cm³/mol. The molecule has 1 aliphatic heterocycles. The zero-order valence-electron chi connectivity index (χ0n) is 16.2. The molecule has 2 aromatic carbocycles. The Kier molecular flexibility index (Phi) is 6.71. The minimum absolute atomic E-state index is 0.100. The number of hydrogen-bond donors (Lipinski definition) is 1. The summed E-state index contributed by atoms with van der Waals surface area (Å²) in [5.41, 5.74) is 2.38. The van der Waals surface area contributed by atoms with Crippen molar-refractivity contribution in [3.05, 3.63) is 60.2 Å². The first kappa shape index (κ1) is 19.2. The van der Waals surface area contributed by atoms with E-state index in [9.17, 15) is 4.79 Å². The Morgan fingerprint density at radius 3 is 2.41 bits per heavy atom. The van der Waals surface area contributed by atoms with E-state index >= 15 is 0 Å². The molecule has 0 bridgehead atoms. The molecule has 27 heavy (non-hydrogen) atoms. The number of methoxy groups -OCH3 is 1. The topological polar surface area (TPSA) is 44.8 Å². The van der Waals surface area contributed by atoms with Gasteiger partial charge in [-0.3, -0.25) is 9.69 Å². The summed E-state index contributed by atoms with van der Waals surface area (Å²) >= 11 is 0. The number of para-hydroxylation sites is 2. The van der Waals surface area contributed by atoms with Crippen molar-refractivity contribution in [2.75, 3.05) is 51.3 Å². The third kappa shape index (κ3) is 5.23. The summed E-state index contributed by atoms with van der Waals surface area (Å²) in [5, 5.41) is 3.08. The second-order valence-corrected chi connectivity index (χ2v) is 7.05. The van der Waals surface area contributed by atoms with Gasteiger partial charge in [0.05, 0.1) is 19.3 Å². The van der Waals surface area contributed by atoms with Crippen LogP contribution in [0.2, 0.25) is 0 Å². The SMILES string of the molecule is COc1ccccc1N1CCN(CC(=O)NC[C@@H](C)c2ccccc2)CC1. The van der Waals surface area contributed by atoms with Gasteiger partial charge in [0.2, 0.25) is 5.91 Å². The number of nitrogens with one attached hydrogen (secondary N) is 1. The van der Waals surface area contributed by atoms with Crippen LogP contribution < -0.4 is 15.0 Å². The highest BCUT2D eigenvalue weighted by Crippen LogP contribution is 2.28. The van der Waals surface area contributed by atoms with Gasteiger partial charge in [0, 0.05) is 32.7 Å². The maximum Gasteiger partial charge on any atom is 0.234 e. The van der Waals surface area contributed by atoms with Crippen molar-refractivity contribution in [2.45, 2.75) is 12.8 Å². The Hall–Kier alpha value is -2.53. The maximum atomic E-state index is 12.3. The first-order chi connectivity index (χ1) is 13.2. The fourth-order valence-electron chi connectivity index (χ4n) is 3.46. The van der Waals surface area contributed by atoms with Gasteiger partial charge in [0.15, 0.2) is 0 Å². The Bertz CT molecular complexity index is 727. The van der Waals surface area contributed by atoms with E-state index in [0.29, 0.717) is 19.0 Å². The maximum absolute atomic E-state index is 12.3. The van der Waals surface area contributed by atoms with Crippen molar-refractivity contribution in [3.63, 3.8) is 0 Å². The number of hydrogen-bond acceptors (Lipinski definition) is 4. The molecule has 5 heteroatoms. The van der Waals surface area contributed by atoms with Crippen LogP contribution >= 0.6 is 0 Å². The molecule has 1 atom stereocenters. The molecule has 2 aromatic rings. The van der Waals surface area contributed by atoms with Crippen LogP contribution in [-0.2, 0) is 4.79 Å². The van der Waals surface area contributed by atoms with Gasteiger partial charge in [-0.1, -0.05) is 49.4 Å². The quantitative estimate of drug-likeness (QED) is 0.817. The lowest BCUT2D eigenvalue weighted by Gasteiger charge is -2.36. The van der Waals surface area contributed by atoms with E-state index in [1.165, 1.54) is 5.56 Å². The molecule has 0 unspecified atom stereocenters. The third-order valence-corrected chi connectivity index (χ3v) is 5.14. The Morgan fingerprint density at radius 2 is 1.70 bits per heavy atom. The molecule has 144 valence electrons. The minimum Gasteiger partial charge on any atom is -0.495 e. The fourth-order valence-corrected chi connectivity index (χ4v) is 3.46.